The van der Waals surface area contributed by atoms with E-state index >= 15 is 0 Å². The fourth-order valence-corrected chi connectivity index (χ4v) is 1.02. The smallest absolute Gasteiger partial charge is 0.240 e. The van der Waals surface area contributed by atoms with E-state index in [4.69, 9.17) is 0 Å². The monoisotopic (exact) mass is 190 g/mol. The molecule has 0 aliphatic heterocycles. The number of nitrogens with zero attached hydrogens (tertiary/aromatic N) is 2. The number of hydrogen-bond acceptors (Lipinski definition) is 4. The lowest BCUT2D eigenvalue weighted by molar-refractivity contribution is 0.213. The van der Waals surface area contributed by atoms with E-state index in [1.54, 1.807) is 12.1 Å². The third-order valence-corrected chi connectivity index (χ3v) is 1.69. The third-order valence-electron chi connectivity index (χ3n) is 1.69. The number of carbonyl (C=O) groups excluding carboxylic acids is 1. The summed E-state index contributed by atoms with van der Waals surface area (Å²) in [5.74, 6) is 0. The largest absolute Gasteiger partial charge is 0.399 e. The van der Waals surface area contributed by atoms with Crippen molar-refractivity contribution in [1.82, 2.24) is 0 Å². The summed E-state index contributed by atoms with van der Waals surface area (Å²) in [6.07, 6.45) is 1.48. The topological polar surface area (TPSA) is 51.0 Å². The van der Waals surface area contributed by atoms with Crippen LogP contribution in [0.4, 0.5) is 5.69 Å². The molecule has 4 heteroatoms. The molecule has 0 amide bonds. The van der Waals surface area contributed by atoms with Crippen molar-refractivity contribution in [3.8, 4) is 0 Å². The standard InChI is InChI=1S/C10H10N2O2/c1-8(12-14-2)9-3-5-10(6-4-9)11-7-13/h3-6H,1-2H3/b12-8+. The van der Waals surface area contributed by atoms with Crippen molar-refractivity contribution in [1.29, 1.82) is 0 Å². The molecule has 0 saturated carbocycles. The minimum absolute atomic E-state index is 0.578. The number of hydrogen-bond donors (Lipinski definition) is 0. The summed E-state index contributed by atoms with van der Waals surface area (Å²) in [7, 11) is 1.49. The molecule has 14 heavy (non-hydrogen) atoms. The maximum absolute atomic E-state index is 9.96. The Balaban J connectivity index is 2.93. The summed E-state index contributed by atoms with van der Waals surface area (Å²) in [5.41, 5.74) is 2.28. The normalized spacial score (nSPS) is 10.6. The van der Waals surface area contributed by atoms with Crippen LogP contribution in [-0.2, 0) is 9.63 Å². The summed E-state index contributed by atoms with van der Waals surface area (Å²) < 4.78 is 0. The van der Waals surface area contributed by atoms with E-state index in [1.165, 1.54) is 13.2 Å². The predicted molar refractivity (Wildman–Crippen MR) is 53.4 cm³/mol. The highest BCUT2D eigenvalue weighted by molar-refractivity contribution is 5.98. The molecule has 0 saturated heterocycles. The van der Waals surface area contributed by atoms with Crippen LogP contribution in [0.3, 0.4) is 0 Å². The van der Waals surface area contributed by atoms with Gasteiger partial charge in [-0.1, -0.05) is 17.3 Å². The molecule has 0 bridgehead atoms. The van der Waals surface area contributed by atoms with E-state index in [0.717, 1.165) is 11.3 Å². The Morgan fingerprint density at radius 1 is 1.36 bits per heavy atom. The molecule has 0 aliphatic carbocycles. The molecule has 72 valence electrons. The first kappa shape index (κ1) is 10.2. The van der Waals surface area contributed by atoms with Gasteiger partial charge in [0.1, 0.15) is 7.11 Å². The highest BCUT2D eigenvalue weighted by Gasteiger charge is 1.97. The Kier molecular flexibility index (Phi) is 3.58. The van der Waals surface area contributed by atoms with Gasteiger partial charge in [0.2, 0.25) is 6.08 Å². The van der Waals surface area contributed by atoms with Crippen molar-refractivity contribution in [3.63, 3.8) is 0 Å². The van der Waals surface area contributed by atoms with Crippen LogP contribution in [0.1, 0.15) is 12.5 Å². The molecule has 0 N–H and O–H groups in total. The third kappa shape index (κ3) is 2.54. The molecule has 4 nitrogen and oxygen atoms in total. The Labute approximate surface area is 81.9 Å². The van der Waals surface area contributed by atoms with Crippen molar-refractivity contribution >= 4 is 17.5 Å². The minimum atomic E-state index is 0.578. The van der Waals surface area contributed by atoms with E-state index in [2.05, 4.69) is 15.0 Å². The van der Waals surface area contributed by atoms with Gasteiger partial charge in [-0.3, -0.25) is 0 Å². The van der Waals surface area contributed by atoms with E-state index < -0.39 is 0 Å². The first-order valence-corrected chi connectivity index (χ1v) is 4.04. The van der Waals surface area contributed by atoms with Crippen LogP contribution in [0.5, 0.6) is 0 Å². The molecular weight excluding hydrogens is 180 g/mol. The van der Waals surface area contributed by atoms with Gasteiger partial charge in [-0.15, -0.1) is 0 Å². The Bertz CT molecular complexity index is 376. The lowest BCUT2D eigenvalue weighted by Gasteiger charge is -1.99. The van der Waals surface area contributed by atoms with Gasteiger partial charge in [-0.2, -0.15) is 4.99 Å². The van der Waals surface area contributed by atoms with E-state index in [1.807, 2.05) is 19.1 Å². The lowest BCUT2D eigenvalue weighted by Crippen LogP contribution is -1.93. The van der Waals surface area contributed by atoms with Crippen molar-refractivity contribution in [2.45, 2.75) is 6.92 Å². The molecule has 0 spiro atoms. The zero-order valence-electron chi connectivity index (χ0n) is 8.02. The van der Waals surface area contributed by atoms with E-state index in [0.29, 0.717) is 5.69 Å². The van der Waals surface area contributed by atoms with Gasteiger partial charge in [0.15, 0.2) is 0 Å². The summed E-state index contributed by atoms with van der Waals surface area (Å²) in [6, 6.07) is 7.06. The van der Waals surface area contributed by atoms with Gasteiger partial charge < -0.3 is 4.84 Å². The number of isocyanates is 1. The second-order valence-electron chi connectivity index (χ2n) is 2.61. The Morgan fingerprint density at radius 3 is 2.50 bits per heavy atom. The SMILES string of the molecule is CO/N=C(\C)c1ccc(N=C=O)cc1. The summed E-state index contributed by atoms with van der Waals surface area (Å²) in [6.45, 7) is 1.83. The predicted octanol–water partition coefficient (Wildman–Crippen LogP) is 2.02. The average Bonchev–Trinajstić information content (AvgIpc) is 2.20. The van der Waals surface area contributed by atoms with Crippen molar-refractivity contribution in [2.24, 2.45) is 10.1 Å². The van der Waals surface area contributed by atoms with Crippen LogP contribution in [-0.4, -0.2) is 18.9 Å². The van der Waals surface area contributed by atoms with E-state index in [-0.39, 0.29) is 0 Å². The molecule has 0 fully saturated rings. The quantitative estimate of drug-likeness (QED) is 0.416. The Morgan fingerprint density at radius 2 is 2.00 bits per heavy atom. The van der Waals surface area contributed by atoms with Gasteiger partial charge in [-0.25, -0.2) is 4.79 Å². The number of benzene rings is 1. The maximum atomic E-state index is 9.96. The molecule has 0 radical (unpaired) electrons. The van der Waals surface area contributed by atoms with Crippen LogP contribution < -0.4 is 0 Å². The average molecular weight is 190 g/mol. The van der Waals surface area contributed by atoms with Crippen molar-refractivity contribution in [3.05, 3.63) is 29.8 Å². The summed E-state index contributed by atoms with van der Waals surface area (Å²) >= 11 is 0. The molecule has 1 aromatic carbocycles. The first-order valence-electron chi connectivity index (χ1n) is 4.04. The van der Waals surface area contributed by atoms with Crippen LogP contribution in [0.15, 0.2) is 34.4 Å². The van der Waals surface area contributed by atoms with Crippen LogP contribution in [0, 0.1) is 0 Å². The summed E-state index contributed by atoms with van der Waals surface area (Å²) in [4.78, 5) is 18.1. The zero-order valence-corrected chi connectivity index (χ0v) is 8.02. The van der Waals surface area contributed by atoms with Crippen LogP contribution >= 0.6 is 0 Å². The van der Waals surface area contributed by atoms with Crippen LogP contribution in [0.2, 0.25) is 0 Å². The zero-order chi connectivity index (χ0) is 10.4. The highest BCUT2D eigenvalue weighted by atomic mass is 16.6. The molecular formula is C10H10N2O2. The van der Waals surface area contributed by atoms with Crippen molar-refractivity contribution in [2.75, 3.05) is 7.11 Å². The Hall–Kier alpha value is -1.93. The fourth-order valence-electron chi connectivity index (χ4n) is 1.02. The number of oxime groups is 1. The summed E-state index contributed by atoms with van der Waals surface area (Å²) in [5, 5.41) is 3.78. The van der Waals surface area contributed by atoms with Gasteiger partial charge in [0, 0.05) is 0 Å². The molecule has 1 rings (SSSR count). The van der Waals surface area contributed by atoms with Gasteiger partial charge >= 0.3 is 0 Å². The van der Waals surface area contributed by atoms with Gasteiger partial charge in [0.05, 0.1) is 11.4 Å². The molecule has 1 aromatic rings. The number of aliphatic imine (C=N–C) groups is 1. The molecule has 0 atom stereocenters. The number of rotatable bonds is 3. The lowest BCUT2D eigenvalue weighted by atomic mass is 10.1. The van der Waals surface area contributed by atoms with Gasteiger partial charge in [0.25, 0.3) is 0 Å². The molecule has 0 aliphatic rings. The molecule has 0 aromatic heterocycles. The fraction of sp³-hybridized carbons (Fsp3) is 0.200. The maximum Gasteiger partial charge on any atom is 0.240 e. The second kappa shape index (κ2) is 4.94. The first-order chi connectivity index (χ1) is 6.77. The second-order valence-corrected chi connectivity index (χ2v) is 2.61. The van der Waals surface area contributed by atoms with E-state index in [9.17, 15) is 4.79 Å². The molecule has 0 heterocycles. The van der Waals surface area contributed by atoms with Crippen molar-refractivity contribution < 1.29 is 9.63 Å². The van der Waals surface area contributed by atoms with Crippen LogP contribution in [0.25, 0.3) is 0 Å². The minimum Gasteiger partial charge on any atom is -0.399 e. The highest BCUT2D eigenvalue weighted by Crippen LogP contribution is 2.12. The molecule has 0 unspecified atom stereocenters. The van der Waals surface area contributed by atoms with Gasteiger partial charge in [-0.05, 0) is 24.6 Å².